The van der Waals surface area contributed by atoms with Gasteiger partial charge < -0.3 is 14.2 Å². The maximum atomic E-state index is 13.0. The van der Waals surface area contributed by atoms with Gasteiger partial charge in [-0.1, -0.05) is 25.0 Å². The van der Waals surface area contributed by atoms with Crippen LogP contribution in [0.4, 0.5) is 0 Å². The second kappa shape index (κ2) is 7.70. The van der Waals surface area contributed by atoms with Gasteiger partial charge >= 0.3 is 5.97 Å². The molecule has 5 heteroatoms. The molecule has 150 valence electrons. The van der Waals surface area contributed by atoms with E-state index in [0.29, 0.717) is 24.2 Å². The fourth-order valence-corrected chi connectivity index (χ4v) is 4.89. The standard InChI is InChI=1S/C23H30N2O3/c1-4-5-10-25-21-9-6-15(2)11-19(21)20(14-22(25)26)23(27)28-18-12-16-7-8-17(13-18)24(16)3/h6,9,11,14,16-18H,4-5,7-8,10,12-13H2,1-3H3/t16-,17+,18?. The first-order valence-electron chi connectivity index (χ1n) is 10.5. The van der Waals surface area contributed by atoms with Crippen LogP contribution in [0.1, 0.15) is 61.4 Å². The van der Waals surface area contributed by atoms with Crippen LogP contribution in [0.25, 0.3) is 10.9 Å². The number of nitrogens with zero attached hydrogens (tertiary/aromatic N) is 2. The molecular formula is C23H30N2O3. The molecule has 1 unspecified atom stereocenters. The second-order valence-corrected chi connectivity index (χ2v) is 8.47. The Balaban J connectivity index is 1.65. The Kier molecular flexibility index (Phi) is 5.28. The summed E-state index contributed by atoms with van der Waals surface area (Å²) >= 11 is 0. The smallest absolute Gasteiger partial charge is 0.339 e. The minimum atomic E-state index is -0.357. The molecule has 0 aliphatic carbocycles. The quantitative estimate of drug-likeness (QED) is 0.736. The molecule has 3 atom stereocenters. The normalized spacial score (nSPS) is 24.6. The largest absolute Gasteiger partial charge is 0.459 e. The molecule has 0 amide bonds. The molecule has 2 fully saturated rings. The number of piperidine rings is 1. The molecule has 1 aromatic heterocycles. The van der Waals surface area contributed by atoms with Crippen LogP contribution in [0.3, 0.4) is 0 Å². The van der Waals surface area contributed by atoms with Crippen LogP contribution in [-0.4, -0.2) is 40.7 Å². The number of ether oxygens (including phenoxy) is 1. The highest BCUT2D eigenvalue weighted by atomic mass is 16.5. The van der Waals surface area contributed by atoms with Crippen molar-refractivity contribution in [3.05, 3.63) is 45.7 Å². The van der Waals surface area contributed by atoms with Gasteiger partial charge in [0.15, 0.2) is 0 Å². The number of aromatic nitrogens is 1. The number of esters is 1. The average molecular weight is 383 g/mol. The zero-order chi connectivity index (χ0) is 19.8. The number of hydrogen-bond donors (Lipinski definition) is 0. The minimum absolute atomic E-state index is 0.0522. The van der Waals surface area contributed by atoms with Gasteiger partial charge in [0, 0.05) is 42.9 Å². The molecule has 2 aliphatic heterocycles. The van der Waals surface area contributed by atoms with Crippen LogP contribution in [0, 0.1) is 6.92 Å². The number of benzene rings is 1. The number of fused-ring (bicyclic) bond motifs is 3. The van der Waals surface area contributed by atoms with Crippen LogP contribution in [0.2, 0.25) is 0 Å². The average Bonchev–Trinajstić information content (AvgIpc) is 2.88. The Morgan fingerprint density at radius 3 is 2.57 bits per heavy atom. The summed E-state index contributed by atoms with van der Waals surface area (Å²) in [6, 6.07) is 8.44. The first-order valence-corrected chi connectivity index (χ1v) is 10.5. The first-order chi connectivity index (χ1) is 13.5. The van der Waals surface area contributed by atoms with Gasteiger partial charge in [-0.2, -0.15) is 0 Å². The van der Waals surface area contributed by atoms with Gasteiger partial charge in [-0.15, -0.1) is 0 Å². The fraction of sp³-hybridized carbons (Fsp3) is 0.565. The number of pyridine rings is 1. The van der Waals surface area contributed by atoms with E-state index in [1.807, 2.05) is 25.1 Å². The summed E-state index contributed by atoms with van der Waals surface area (Å²) in [5.41, 5.74) is 2.17. The highest BCUT2D eigenvalue weighted by Gasteiger charge is 2.40. The van der Waals surface area contributed by atoms with Crippen molar-refractivity contribution in [3.63, 3.8) is 0 Å². The van der Waals surface area contributed by atoms with Crippen LogP contribution in [0.5, 0.6) is 0 Å². The van der Waals surface area contributed by atoms with E-state index >= 15 is 0 Å². The summed E-state index contributed by atoms with van der Waals surface area (Å²) in [6.07, 6.45) is 6.05. The zero-order valence-corrected chi connectivity index (χ0v) is 17.1. The third kappa shape index (κ3) is 3.48. The number of aryl methyl sites for hydroxylation is 2. The predicted octanol–water partition coefficient (Wildman–Crippen LogP) is 3.89. The van der Waals surface area contributed by atoms with E-state index in [1.165, 1.54) is 18.9 Å². The van der Waals surface area contributed by atoms with E-state index in [0.717, 1.165) is 42.1 Å². The second-order valence-electron chi connectivity index (χ2n) is 8.47. The van der Waals surface area contributed by atoms with Crippen molar-refractivity contribution < 1.29 is 9.53 Å². The fourth-order valence-electron chi connectivity index (χ4n) is 4.89. The van der Waals surface area contributed by atoms with Gasteiger partial charge in [0.25, 0.3) is 5.56 Å². The SMILES string of the molecule is CCCCn1c(=O)cc(C(=O)OC2C[C@H]3CC[C@@H](C2)N3C)c2cc(C)ccc21. The van der Waals surface area contributed by atoms with Crippen LogP contribution in [-0.2, 0) is 11.3 Å². The molecule has 2 saturated heterocycles. The monoisotopic (exact) mass is 382 g/mol. The number of rotatable bonds is 5. The predicted molar refractivity (Wildman–Crippen MR) is 111 cm³/mol. The zero-order valence-electron chi connectivity index (χ0n) is 17.1. The highest BCUT2D eigenvalue weighted by molar-refractivity contribution is 6.03. The topological polar surface area (TPSA) is 51.5 Å². The lowest BCUT2D eigenvalue weighted by atomic mass is 10.00. The van der Waals surface area contributed by atoms with Gasteiger partial charge in [0.1, 0.15) is 6.10 Å². The lowest BCUT2D eigenvalue weighted by molar-refractivity contribution is -0.000287. The molecule has 3 heterocycles. The number of carbonyl (C=O) groups is 1. The Morgan fingerprint density at radius 2 is 1.89 bits per heavy atom. The Labute approximate surface area is 166 Å². The van der Waals surface area contributed by atoms with Crippen molar-refractivity contribution in [3.8, 4) is 0 Å². The molecule has 0 spiro atoms. The summed E-state index contributed by atoms with van der Waals surface area (Å²) in [7, 11) is 2.17. The van der Waals surface area contributed by atoms with Gasteiger partial charge in [0.2, 0.25) is 0 Å². The molecular weight excluding hydrogens is 352 g/mol. The van der Waals surface area contributed by atoms with Crippen molar-refractivity contribution in [1.82, 2.24) is 9.47 Å². The number of unbranched alkanes of at least 4 members (excludes halogenated alkanes) is 1. The molecule has 28 heavy (non-hydrogen) atoms. The minimum Gasteiger partial charge on any atom is -0.459 e. The molecule has 4 rings (SSSR count). The maximum Gasteiger partial charge on any atom is 0.339 e. The summed E-state index contributed by atoms with van der Waals surface area (Å²) in [4.78, 5) is 28.2. The molecule has 5 nitrogen and oxygen atoms in total. The molecule has 1 aromatic carbocycles. The molecule has 2 aromatic rings. The van der Waals surface area contributed by atoms with Gasteiger partial charge in [-0.05, 0) is 45.4 Å². The van der Waals surface area contributed by atoms with Gasteiger partial charge in [0.05, 0.1) is 11.1 Å². The van der Waals surface area contributed by atoms with E-state index < -0.39 is 0 Å². The number of carbonyl (C=O) groups excluding carboxylic acids is 1. The van der Waals surface area contributed by atoms with Crippen LogP contribution < -0.4 is 5.56 Å². The summed E-state index contributed by atoms with van der Waals surface area (Å²) in [5, 5.41) is 0.816. The lowest BCUT2D eigenvalue weighted by Gasteiger charge is -2.35. The third-order valence-electron chi connectivity index (χ3n) is 6.55. The molecule has 0 radical (unpaired) electrons. The summed E-state index contributed by atoms with van der Waals surface area (Å²) in [5.74, 6) is -0.357. The number of hydrogen-bond acceptors (Lipinski definition) is 4. The van der Waals surface area contributed by atoms with Crippen molar-refractivity contribution >= 4 is 16.9 Å². The van der Waals surface area contributed by atoms with E-state index in [1.54, 1.807) is 4.57 Å². The van der Waals surface area contributed by atoms with E-state index in [2.05, 4.69) is 18.9 Å². The van der Waals surface area contributed by atoms with E-state index in [-0.39, 0.29) is 17.6 Å². The van der Waals surface area contributed by atoms with Crippen molar-refractivity contribution in [2.45, 2.75) is 77.1 Å². The van der Waals surface area contributed by atoms with Gasteiger partial charge in [-0.25, -0.2) is 4.79 Å². The molecule has 0 N–H and O–H groups in total. The van der Waals surface area contributed by atoms with Crippen LogP contribution in [0.15, 0.2) is 29.1 Å². The van der Waals surface area contributed by atoms with E-state index in [4.69, 9.17) is 4.74 Å². The molecule has 2 bridgehead atoms. The Bertz CT molecular complexity index is 935. The van der Waals surface area contributed by atoms with E-state index in [9.17, 15) is 9.59 Å². The van der Waals surface area contributed by atoms with Crippen molar-refractivity contribution in [1.29, 1.82) is 0 Å². The molecule has 2 aliphatic rings. The summed E-state index contributed by atoms with van der Waals surface area (Å²) < 4.78 is 7.70. The van der Waals surface area contributed by atoms with Crippen LogP contribution >= 0.6 is 0 Å². The third-order valence-corrected chi connectivity index (χ3v) is 6.55. The maximum absolute atomic E-state index is 13.0. The van der Waals surface area contributed by atoms with Gasteiger partial charge in [-0.3, -0.25) is 4.79 Å². The summed E-state index contributed by atoms with van der Waals surface area (Å²) in [6.45, 7) is 4.78. The van der Waals surface area contributed by atoms with Crippen molar-refractivity contribution in [2.24, 2.45) is 0 Å². The molecule has 0 saturated carbocycles. The Morgan fingerprint density at radius 1 is 1.18 bits per heavy atom. The lowest BCUT2D eigenvalue weighted by Crippen LogP contribution is -2.43. The Hall–Kier alpha value is -2.14. The first kappa shape index (κ1) is 19.2. The van der Waals surface area contributed by atoms with Crippen molar-refractivity contribution in [2.75, 3.05) is 7.05 Å². The highest BCUT2D eigenvalue weighted by Crippen LogP contribution is 2.36.